The first-order chi connectivity index (χ1) is 7.85. The Morgan fingerprint density at radius 1 is 1.22 bits per heavy atom. The molecule has 18 heavy (non-hydrogen) atoms. The molecule has 5 nitrogen and oxygen atoms in total. The van der Waals surface area contributed by atoms with Crippen LogP contribution in [0.2, 0.25) is 0 Å². The topological polar surface area (TPSA) is 60.4 Å². The number of rotatable bonds is 3. The molecule has 0 saturated carbocycles. The van der Waals surface area contributed by atoms with Crippen molar-refractivity contribution >= 4 is 15.8 Å². The van der Waals surface area contributed by atoms with Crippen molar-refractivity contribution in [1.29, 1.82) is 0 Å². The smallest absolute Gasteiger partial charge is 0.333 e. The minimum Gasteiger partial charge on any atom is -0.465 e. The Kier molecular flexibility index (Phi) is 3.37. The average molecular weight is 278 g/mol. The Bertz CT molecular complexity index is 461. The number of quaternary nitrogens is 1. The molecule has 2 atom stereocenters. The molecule has 0 N–H and O–H groups in total. The zero-order chi connectivity index (χ0) is 14.6. The van der Waals surface area contributed by atoms with E-state index in [9.17, 15) is 13.2 Å². The third-order valence-electron chi connectivity index (χ3n) is 3.89. The van der Waals surface area contributed by atoms with E-state index in [0.717, 1.165) is 0 Å². The lowest BCUT2D eigenvalue weighted by molar-refractivity contribution is -0.901. The lowest BCUT2D eigenvalue weighted by Crippen LogP contribution is -2.84. The maximum atomic E-state index is 12.5. The summed E-state index contributed by atoms with van der Waals surface area (Å²) in [5.41, 5.74) is 0. The quantitative estimate of drug-likeness (QED) is 0.560. The van der Waals surface area contributed by atoms with Gasteiger partial charge in [-0.3, -0.25) is 4.79 Å². The van der Waals surface area contributed by atoms with E-state index < -0.39 is 25.3 Å². The van der Waals surface area contributed by atoms with E-state index >= 15 is 0 Å². The minimum absolute atomic E-state index is 0.189. The largest absolute Gasteiger partial charge is 0.465 e. The van der Waals surface area contributed by atoms with Gasteiger partial charge in [0.05, 0.1) is 27.7 Å². The third kappa shape index (κ3) is 1.61. The minimum atomic E-state index is -3.54. The van der Waals surface area contributed by atoms with Crippen LogP contribution in [0.25, 0.3) is 0 Å². The monoisotopic (exact) mass is 278 g/mol. The van der Waals surface area contributed by atoms with Gasteiger partial charge in [0.25, 0.3) is 0 Å². The Morgan fingerprint density at radius 2 is 1.67 bits per heavy atom. The predicted molar refractivity (Wildman–Crippen MR) is 69.9 cm³/mol. The molecule has 1 aliphatic rings. The second kappa shape index (κ2) is 3.93. The molecule has 1 saturated heterocycles. The van der Waals surface area contributed by atoms with Crippen molar-refractivity contribution in [3.05, 3.63) is 0 Å². The zero-order valence-corrected chi connectivity index (χ0v) is 13.1. The maximum absolute atomic E-state index is 12.5. The number of esters is 1. The van der Waals surface area contributed by atoms with Crippen LogP contribution < -0.4 is 0 Å². The molecule has 0 spiro atoms. The summed E-state index contributed by atoms with van der Waals surface area (Å²) in [5.74, 6) is -0.637. The number of hydrogen-bond acceptors (Lipinski definition) is 4. The summed E-state index contributed by atoms with van der Waals surface area (Å²) in [6.45, 7) is 6.71. The SMILES string of the molecule is CCOC(=O)[C@@]1(C)[C@H]([N+](C)(C)C)C(C)(C)S1(=O)=O. The van der Waals surface area contributed by atoms with Crippen LogP contribution in [-0.4, -0.2) is 62.2 Å². The zero-order valence-electron chi connectivity index (χ0n) is 12.3. The van der Waals surface area contributed by atoms with Gasteiger partial charge >= 0.3 is 5.97 Å². The van der Waals surface area contributed by atoms with Gasteiger partial charge in [-0.15, -0.1) is 0 Å². The van der Waals surface area contributed by atoms with Crippen LogP contribution >= 0.6 is 0 Å². The Labute approximate surface area is 110 Å². The Balaban J connectivity index is 3.37. The van der Waals surface area contributed by atoms with Crippen molar-refractivity contribution in [3.63, 3.8) is 0 Å². The van der Waals surface area contributed by atoms with E-state index in [1.165, 1.54) is 6.92 Å². The normalized spacial score (nSPS) is 33.6. The fourth-order valence-corrected chi connectivity index (χ4v) is 6.55. The molecule has 1 aliphatic heterocycles. The summed E-state index contributed by atoms with van der Waals surface area (Å²) >= 11 is 0. The van der Waals surface area contributed by atoms with Gasteiger partial charge in [0.2, 0.25) is 4.75 Å². The fourth-order valence-electron chi connectivity index (χ4n) is 3.61. The molecular weight excluding hydrogens is 254 g/mol. The average Bonchev–Trinajstić information content (AvgIpc) is 2.14. The van der Waals surface area contributed by atoms with E-state index in [-0.39, 0.29) is 12.6 Å². The lowest BCUT2D eigenvalue weighted by atomic mass is 9.85. The van der Waals surface area contributed by atoms with Crippen LogP contribution in [0, 0.1) is 0 Å². The van der Waals surface area contributed by atoms with Crippen molar-refractivity contribution in [1.82, 2.24) is 0 Å². The number of carbonyl (C=O) groups excluding carboxylic acids is 1. The van der Waals surface area contributed by atoms with Crippen LogP contribution in [-0.2, 0) is 19.4 Å². The summed E-state index contributed by atoms with van der Waals surface area (Å²) in [6, 6.07) is -0.325. The van der Waals surface area contributed by atoms with Crippen molar-refractivity contribution in [3.8, 4) is 0 Å². The van der Waals surface area contributed by atoms with Crippen molar-refractivity contribution in [2.75, 3.05) is 27.7 Å². The van der Waals surface area contributed by atoms with E-state index in [4.69, 9.17) is 4.74 Å². The molecule has 0 bridgehead atoms. The van der Waals surface area contributed by atoms with Crippen LogP contribution in [0.3, 0.4) is 0 Å². The first kappa shape index (κ1) is 15.4. The van der Waals surface area contributed by atoms with Gasteiger partial charge < -0.3 is 9.22 Å². The number of nitrogens with zero attached hydrogens (tertiary/aromatic N) is 1. The van der Waals surface area contributed by atoms with Crippen LogP contribution in [0.15, 0.2) is 0 Å². The molecule has 0 amide bonds. The summed E-state index contributed by atoms with van der Waals surface area (Å²) in [5, 5.41) is 0. The molecule has 0 aromatic rings. The number of ether oxygens (including phenoxy) is 1. The molecule has 0 aromatic heterocycles. The molecule has 1 fully saturated rings. The molecule has 106 valence electrons. The van der Waals surface area contributed by atoms with E-state index in [1.807, 2.05) is 21.1 Å². The Morgan fingerprint density at radius 3 is 2.00 bits per heavy atom. The van der Waals surface area contributed by atoms with E-state index in [1.54, 1.807) is 20.8 Å². The molecule has 0 aliphatic carbocycles. The first-order valence-electron chi connectivity index (χ1n) is 6.07. The van der Waals surface area contributed by atoms with Crippen molar-refractivity contribution in [2.24, 2.45) is 0 Å². The molecule has 0 unspecified atom stereocenters. The van der Waals surface area contributed by atoms with Gasteiger partial charge in [-0.05, 0) is 27.7 Å². The lowest BCUT2D eigenvalue weighted by Gasteiger charge is -2.59. The van der Waals surface area contributed by atoms with Gasteiger partial charge in [-0.25, -0.2) is 8.42 Å². The highest BCUT2D eigenvalue weighted by Gasteiger charge is 2.79. The summed E-state index contributed by atoms with van der Waals surface area (Å²) in [4.78, 5) is 12.1. The number of sulfone groups is 1. The van der Waals surface area contributed by atoms with Crippen molar-refractivity contribution < 1.29 is 22.4 Å². The molecule has 6 heteroatoms. The summed E-state index contributed by atoms with van der Waals surface area (Å²) < 4.78 is 27.9. The van der Waals surface area contributed by atoms with Gasteiger partial charge in [0.1, 0.15) is 10.8 Å². The molecular formula is C12H24NO4S+. The van der Waals surface area contributed by atoms with Gasteiger partial charge in [0, 0.05) is 0 Å². The van der Waals surface area contributed by atoms with Crippen molar-refractivity contribution in [2.45, 2.75) is 43.2 Å². The van der Waals surface area contributed by atoms with Crippen LogP contribution in [0.1, 0.15) is 27.7 Å². The van der Waals surface area contributed by atoms with E-state index in [0.29, 0.717) is 4.48 Å². The first-order valence-corrected chi connectivity index (χ1v) is 7.56. The Hall–Kier alpha value is -0.620. The highest BCUT2D eigenvalue weighted by Crippen LogP contribution is 2.52. The predicted octanol–water partition coefficient (Wildman–Crippen LogP) is 0.590. The highest BCUT2D eigenvalue weighted by molar-refractivity contribution is 7.96. The standard InChI is InChI=1S/C12H24NO4S/c1-8-17-10(14)12(4)9(13(5,6)7)11(2,3)18(12,15)16/h9H,8H2,1-7H3/q+1/t9-,12-/m1/s1. The van der Waals surface area contributed by atoms with Crippen LogP contribution in [0.5, 0.6) is 0 Å². The second-order valence-electron chi connectivity index (χ2n) is 6.45. The maximum Gasteiger partial charge on any atom is 0.333 e. The molecule has 0 aromatic carbocycles. The fraction of sp³-hybridized carbons (Fsp3) is 0.917. The van der Waals surface area contributed by atoms with Crippen LogP contribution in [0.4, 0.5) is 0 Å². The number of carbonyl (C=O) groups is 1. The van der Waals surface area contributed by atoms with E-state index in [2.05, 4.69) is 0 Å². The van der Waals surface area contributed by atoms with Gasteiger partial charge in [-0.2, -0.15) is 0 Å². The summed E-state index contributed by atoms with van der Waals surface area (Å²) in [6.07, 6.45) is 0. The van der Waals surface area contributed by atoms with Gasteiger partial charge in [-0.1, -0.05) is 0 Å². The second-order valence-corrected chi connectivity index (χ2v) is 9.36. The summed E-state index contributed by atoms with van der Waals surface area (Å²) in [7, 11) is 2.16. The third-order valence-corrected chi connectivity index (χ3v) is 7.00. The highest BCUT2D eigenvalue weighted by atomic mass is 32.2. The molecule has 0 radical (unpaired) electrons. The van der Waals surface area contributed by atoms with Gasteiger partial charge in [0.15, 0.2) is 9.84 Å². The molecule has 1 heterocycles. The molecule has 1 rings (SSSR count). The number of hydrogen-bond donors (Lipinski definition) is 0.